The van der Waals surface area contributed by atoms with Crippen LogP contribution in [0.2, 0.25) is 0 Å². The fourth-order valence-electron chi connectivity index (χ4n) is 0.633. The van der Waals surface area contributed by atoms with E-state index in [1.54, 1.807) is 11.1 Å². The zero-order chi connectivity index (χ0) is 5.56. The normalized spacial score (nSPS) is 31.8. The fourth-order valence-corrected chi connectivity index (χ4v) is 1.39. The van der Waals surface area contributed by atoms with Gasteiger partial charge in [0.25, 0.3) is 0 Å². The number of carbonyl (C=O) groups excluding carboxylic acids is 1. The van der Waals surface area contributed by atoms with E-state index < -0.39 is 0 Å². The summed E-state index contributed by atoms with van der Waals surface area (Å²) in [5.74, 6) is 0. The van der Waals surface area contributed by atoms with Crippen LogP contribution in [0.1, 0.15) is 0 Å². The summed E-state index contributed by atoms with van der Waals surface area (Å²) in [5.41, 5.74) is -0.0394. The summed E-state index contributed by atoms with van der Waals surface area (Å²) in [4.78, 5) is 11.9. The largest absolute Gasteiger partial charge is 0.420 e. The first-order chi connectivity index (χ1) is 3.88. The Kier molecular flexibility index (Phi) is 0.637. The van der Waals surface area contributed by atoms with Crippen LogP contribution >= 0.6 is 11.8 Å². The molecule has 0 radical (unpaired) electrons. The summed E-state index contributed by atoms with van der Waals surface area (Å²) >= 11 is 1.50. The molecule has 8 heavy (non-hydrogen) atoms. The summed E-state index contributed by atoms with van der Waals surface area (Å²) < 4.78 is 4.65. The third-order valence-corrected chi connectivity index (χ3v) is 1.89. The minimum Gasteiger partial charge on any atom is -0.414 e. The maximum Gasteiger partial charge on any atom is 0.420 e. The van der Waals surface area contributed by atoms with Crippen molar-refractivity contribution in [2.75, 3.05) is 0 Å². The molecule has 0 aromatic carbocycles. The molecule has 0 aliphatic carbocycles. The number of thioether (sulfide) groups is 1. The Bertz CT molecular complexity index is 167. The molecule has 0 bridgehead atoms. The van der Waals surface area contributed by atoms with Crippen molar-refractivity contribution in [3.63, 3.8) is 0 Å². The van der Waals surface area contributed by atoms with E-state index >= 15 is 0 Å². The first kappa shape index (κ1) is 4.26. The topological polar surface area (TPSA) is 29.5 Å². The molecule has 2 aliphatic heterocycles. The molecule has 0 aromatic rings. The van der Waals surface area contributed by atoms with Crippen LogP contribution < -0.4 is 0 Å². The predicted molar refractivity (Wildman–Crippen MR) is 28.8 cm³/mol. The highest BCUT2D eigenvalue weighted by molar-refractivity contribution is 8.02. The third-order valence-electron chi connectivity index (χ3n) is 1.06. The summed E-state index contributed by atoms with van der Waals surface area (Å²) in [6.45, 7) is 0. The zero-order valence-corrected chi connectivity index (χ0v) is 4.72. The first-order valence-corrected chi connectivity index (χ1v) is 3.13. The van der Waals surface area contributed by atoms with Crippen molar-refractivity contribution in [2.24, 2.45) is 0 Å². The van der Waals surface area contributed by atoms with Crippen LogP contribution in [0.3, 0.4) is 0 Å². The highest BCUT2D eigenvalue weighted by Crippen LogP contribution is 2.33. The van der Waals surface area contributed by atoms with Crippen LogP contribution in [0, 0.1) is 0 Å². The highest BCUT2D eigenvalue weighted by Gasteiger charge is 2.39. The number of hydrogen-bond donors (Lipinski definition) is 0. The lowest BCUT2D eigenvalue weighted by molar-refractivity contribution is -0.0138. The average molecular weight is 129 g/mol. The van der Waals surface area contributed by atoms with Gasteiger partial charge in [0.2, 0.25) is 5.56 Å². The molecule has 0 aromatic heterocycles. The van der Waals surface area contributed by atoms with Crippen LogP contribution in [0.15, 0.2) is 11.6 Å². The molecule has 1 atom stereocenters. The molecule has 0 saturated carbocycles. The minimum atomic E-state index is -0.240. The van der Waals surface area contributed by atoms with E-state index in [0.717, 1.165) is 0 Å². The Balaban J connectivity index is 2.21. The molecule has 1 fully saturated rings. The van der Waals surface area contributed by atoms with Crippen molar-refractivity contribution in [2.45, 2.75) is 5.56 Å². The van der Waals surface area contributed by atoms with Crippen molar-refractivity contribution < 1.29 is 9.53 Å². The molecule has 0 unspecified atom stereocenters. The van der Waals surface area contributed by atoms with E-state index in [-0.39, 0.29) is 11.7 Å². The van der Waals surface area contributed by atoms with Gasteiger partial charge in [-0.1, -0.05) is 11.8 Å². The number of carbonyl (C=O) groups is 1. The Morgan fingerprint density at radius 1 is 1.88 bits per heavy atom. The Morgan fingerprint density at radius 2 is 2.75 bits per heavy atom. The predicted octanol–water partition coefficient (Wildman–Crippen LogP) is 0.940. The number of hydrogen-bond acceptors (Lipinski definition) is 3. The SMILES string of the molecule is O=C1O[C@H]2SC=CN12. The molecule has 0 N–H and O–H groups in total. The number of nitrogens with zero attached hydrogens (tertiary/aromatic N) is 1. The van der Waals surface area contributed by atoms with Crippen molar-refractivity contribution >= 4 is 17.9 Å². The standard InChI is InChI=1S/C4H3NO2S/c6-3-5-1-2-8-4(5)7-3/h1-2,4H/t4-/m0/s1. The van der Waals surface area contributed by atoms with Gasteiger partial charge in [-0.3, -0.25) is 0 Å². The van der Waals surface area contributed by atoms with Crippen molar-refractivity contribution in [3.05, 3.63) is 11.6 Å². The van der Waals surface area contributed by atoms with Crippen LogP contribution in [0.25, 0.3) is 0 Å². The number of ether oxygens (including phenoxy) is 1. The van der Waals surface area contributed by atoms with Crippen molar-refractivity contribution in [1.82, 2.24) is 4.90 Å². The second-order valence-corrected chi connectivity index (χ2v) is 2.47. The Labute approximate surface area is 50.3 Å². The molecule has 3 nitrogen and oxygen atoms in total. The first-order valence-electron chi connectivity index (χ1n) is 2.19. The van der Waals surface area contributed by atoms with Crippen molar-refractivity contribution in [1.29, 1.82) is 0 Å². The molecular formula is C4H3NO2S. The summed E-state index contributed by atoms with van der Waals surface area (Å²) in [6.07, 6.45) is 1.48. The molecule has 2 rings (SSSR count). The highest BCUT2D eigenvalue weighted by atomic mass is 32.2. The van der Waals surface area contributed by atoms with Gasteiger partial charge in [0, 0.05) is 6.20 Å². The van der Waals surface area contributed by atoms with Gasteiger partial charge in [0.1, 0.15) is 0 Å². The van der Waals surface area contributed by atoms with E-state index in [4.69, 9.17) is 0 Å². The van der Waals surface area contributed by atoms with Crippen LogP contribution in [-0.2, 0) is 4.74 Å². The van der Waals surface area contributed by atoms with E-state index in [1.807, 2.05) is 5.41 Å². The quantitative estimate of drug-likeness (QED) is 0.487. The molecule has 1 saturated heterocycles. The van der Waals surface area contributed by atoms with E-state index in [9.17, 15) is 4.79 Å². The maximum absolute atomic E-state index is 10.4. The van der Waals surface area contributed by atoms with Gasteiger partial charge in [-0.15, -0.1) is 0 Å². The lowest BCUT2D eigenvalue weighted by atomic mass is 10.7. The molecule has 2 aliphatic rings. The Morgan fingerprint density at radius 3 is 3.25 bits per heavy atom. The van der Waals surface area contributed by atoms with Gasteiger partial charge in [-0.25, -0.2) is 9.69 Å². The van der Waals surface area contributed by atoms with Gasteiger partial charge in [-0.05, 0) is 5.41 Å². The molecule has 4 heteroatoms. The summed E-state index contributed by atoms with van der Waals surface area (Å²) in [6, 6.07) is 0. The lowest BCUT2D eigenvalue weighted by Gasteiger charge is -2.31. The van der Waals surface area contributed by atoms with Gasteiger partial charge in [-0.2, -0.15) is 0 Å². The van der Waals surface area contributed by atoms with Gasteiger partial charge in [0.05, 0.1) is 0 Å². The molecule has 1 amide bonds. The maximum atomic E-state index is 10.4. The zero-order valence-electron chi connectivity index (χ0n) is 3.90. The Hall–Kier alpha value is -0.640. The molecular weight excluding hydrogens is 126 g/mol. The fraction of sp³-hybridized carbons (Fsp3) is 0.250. The van der Waals surface area contributed by atoms with Crippen LogP contribution in [0.4, 0.5) is 4.79 Å². The van der Waals surface area contributed by atoms with E-state index in [1.165, 1.54) is 11.8 Å². The lowest BCUT2D eigenvalue weighted by Crippen LogP contribution is -2.46. The third kappa shape index (κ3) is 0.338. The van der Waals surface area contributed by atoms with Gasteiger partial charge < -0.3 is 4.74 Å². The summed E-state index contributed by atoms with van der Waals surface area (Å²) in [5, 5.41) is 1.84. The molecule has 0 spiro atoms. The number of amides is 1. The number of rotatable bonds is 0. The van der Waals surface area contributed by atoms with Crippen LogP contribution in [0.5, 0.6) is 0 Å². The number of fused-ring (bicyclic) bond motifs is 1. The minimum absolute atomic E-state index is 0.0394. The van der Waals surface area contributed by atoms with Crippen molar-refractivity contribution in [3.8, 4) is 0 Å². The van der Waals surface area contributed by atoms with Gasteiger partial charge in [0.15, 0.2) is 0 Å². The average Bonchev–Trinajstić information content (AvgIpc) is 2.09. The second-order valence-electron chi connectivity index (χ2n) is 1.52. The van der Waals surface area contributed by atoms with Crippen LogP contribution in [-0.4, -0.2) is 16.6 Å². The molecule has 42 valence electrons. The molecule has 2 heterocycles. The smallest absolute Gasteiger partial charge is 0.414 e. The van der Waals surface area contributed by atoms with E-state index in [0.29, 0.717) is 0 Å². The van der Waals surface area contributed by atoms with E-state index in [2.05, 4.69) is 4.74 Å². The summed E-state index contributed by atoms with van der Waals surface area (Å²) in [7, 11) is 0. The van der Waals surface area contributed by atoms with Gasteiger partial charge >= 0.3 is 6.09 Å². The monoisotopic (exact) mass is 129 g/mol. The second kappa shape index (κ2) is 1.20.